The van der Waals surface area contributed by atoms with Gasteiger partial charge in [-0.3, -0.25) is 19.7 Å². The summed E-state index contributed by atoms with van der Waals surface area (Å²) in [5, 5.41) is 5.31. The van der Waals surface area contributed by atoms with Crippen molar-refractivity contribution in [2.45, 2.75) is 25.2 Å². The van der Waals surface area contributed by atoms with E-state index in [-0.39, 0.29) is 36.0 Å². The van der Waals surface area contributed by atoms with Gasteiger partial charge >= 0.3 is 0 Å². The molecule has 1 atom stereocenters. The Morgan fingerprint density at radius 3 is 1.97 bits per heavy atom. The highest BCUT2D eigenvalue weighted by Gasteiger charge is 2.30. The van der Waals surface area contributed by atoms with Crippen molar-refractivity contribution in [2.75, 3.05) is 5.32 Å². The second-order valence-electron chi connectivity index (χ2n) is 7.84. The van der Waals surface area contributed by atoms with Gasteiger partial charge in [0, 0.05) is 24.4 Å². The summed E-state index contributed by atoms with van der Waals surface area (Å²) in [6.45, 7) is 0. The van der Waals surface area contributed by atoms with Crippen molar-refractivity contribution >= 4 is 23.4 Å². The molecule has 1 unspecified atom stereocenters. The zero-order valence-corrected chi connectivity index (χ0v) is 17.1. The quantitative estimate of drug-likeness (QED) is 0.575. The van der Waals surface area contributed by atoms with Crippen LogP contribution < -0.4 is 10.6 Å². The summed E-state index contributed by atoms with van der Waals surface area (Å²) in [7, 11) is 0. The van der Waals surface area contributed by atoms with Gasteiger partial charge in [0.1, 0.15) is 0 Å². The molecule has 1 aliphatic heterocycles. The Hall–Kier alpha value is -3.73. The average molecular weight is 412 g/mol. The second-order valence-corrected chi connectivity index (χ2v) is 7.84. The molecule has 0 bridgehead atoms. The summed E-state index contributed by atoms with van der Waals surface area (Å²) in [6, 6.07) is 27.5. The molecule has 4 rings (SSSR count). The van der Waals surface area contributed by atoms with Gasteiger partial charge in [0.25, 0.3) is 0 Å². The summed E-state index contributed by atoms with van der Waals surface area (Å²) in [6.07, 6.45) is 1.08. The van der Waals surface area contributed by atoms with E-state index in [9.17, 15) is 14.4 Å². The van der Waals surface area contributed by atoms with Crippen LogP contribution in [0.3, 0.4) is 0 Å². The van der Waals surface area contributed by atoms with Gasteiger partial charge in [0.2, 0.25) is 17.7 Å². The highest BCUT2D eigenvalue weighted by molar-refractivity contribution is 6.03. The first-order valence-corrected chi connectivity index (χ1v) is 10.4. The zero-order valence-electron chi connectivity index (χ0n) is 17.1. The predicted octanol–water partition coefficient (Wildman–Crippen LogP) is 4.05. The number of benzene rings is 3. The molecule has 1 heterocycles. The molecule has 3 amide bonds. The Morgan fingerprint density at radius 2 is 1.45 bits per heavy atom. The maximum absolute atomic E-state index is 12.8. The van der Waals surface area contributed by atoms with E-state index >= 15 is 0 Å². The highest BCUT2D eigenvalue weighted by Crippen LogP contribution is 2.28. The lowest BCUT2D eigenvalue weighted by Crippen LogP contribution is -2.22. The van der Waals surface area contributed by atoms with Crippen molar-refractivity contribution in [3.8, 4) is 0 Å². The number of carbonyl (C=O) groups is 3. The minimum absolute atomic E-state index is 0.0277. The summed E-state index contributed by atoms with van der Waals surface area (Å²) in [5.41, 5.74) is 3.87. The summed E-state index contributed by atoms with van der Waals surface area (Å²) < 4.78 is 0. The standard InChI is InChI=1S/C26H24N2O3/c29-24-16-21(26(31)28-24)15-18-11-13-22(14-12-18)27-25(30)17-23(19-7-3-1-4-8-19)20-9-5-2-6-10-20/h1-14,21,23H,15-17H2,(H,27,30)(H,28,29,31). The van der Waals surface area contributed by atoms with Crippen molar-refractivity contribution in [1.82, 2.24) is 5.32 Å². The van der Waals surface area contributed by atoms with Gasteiger partial charge in [-0.15, -0.1) is 0 Å². The monoisotopic (exact) mass is 412 g/mol. The fraction of sp³-hybridized carbons (Fsp3) is 0.192. The molecule has 5 nitrogen and oxygen atoms in total. The van der Waals surface area contributed by atoms with E-state index in [1.807, 2.05) is 84.9 Å². The van der Waals surface area contributed by atoms with Crippen molar-refractivity contribution in [1.29, 1.82) is 0 Å². The molecule has 1 fully saturated rings. The van der Waals surface area contributed by atoms with Crippen molar-refractivity contribution in [3.63, 3.8) is 0 Å². The van der Waals surface area contributed by atoms with Gasteiger partial charge in [0.15, 0.2) is 0 Å². The number of amides is 3. The summed E-state index contributed by atoms with van der Waals surface area (Å²) in [5.74, 6) is -0.836. The third-order valence-corrected chi connectivity index (χ3v) is 5.58. The van der Waals surface area contributed by atoms with Crippen LogP contribution in [0.1, 0.15) is 35.4 Å². The molecule has 1 aliphatic rings. The lowest BCUT2D eigenvalue weighted by molar-refractivity contribution is -0.125. The first-order valence-electron chi connectivity index (χ1n) is 10.4. The molecule has 0 aromatic heterocycles. The number of nitrogens with one attached hydrogen (secondary N) is 2. The van der Waals surface area contributed by atoms with Crippen molar-refractivity contribution in [2.24, 2.45) is 5.92 Å². The molecule has 0 saturated carbocycles. The van der Waals surface area contributed by atoms with E-state index in [1.54, 1.807) is 0 Å². The molecule has 5 heteroatoms. The van der Waals surface area contributed by atoms with E-state index in [0.717, 1.165) is 16.7 Å². The third-order valence-electron chi connectivity index (χ3n) is 5.58. The van der Waals surface area contributed by atoms with E-state index in [2.05, 4.69) is 10.6 Å². The van der Waals surface area contributed by atoms with Crippen LogP contribution in [0.4, 0.5) is 5.69 Å². The predicted molar refractivity (Wildman–Crippen MR) is 119 cm³/mol. The van der Waals surface area contributed by atoms with Crippen LogP contribution >= 0.6 is 0 Å². The largest absolute Gasteiger partial charge is 0.326 e. The van der Waals surface area contributed by atoms with Crippen LogP contribution in [0.15, 0.2) is 84.9 Å². The van der Waals surface area contributed by atoms with Gasteiger partial charge in [-0.2, -0.15) is 0 Å². The molecule has 0 spiro atoms. The maximum Gasteiger partial charge on any atom is 0.230 e. The van der Waals surface area contributed by atoms with E-state index in [0.29, 0.717) is 18.5 Å². The number of imide groups is 1. The lowest BCUT2D eigenvalue weighted by Gasteiger charge is -2.18. The topological polar surface area (TPSA) is 75.3 Å². The van der Waals surface area contributed by atoms with E-state index in [1.165, 1.54) is 0 Å². The number of hydrogen-bond donors (Lipinski definition) is 2. The molecule has 3 aromatic carbocycles. The molecule has 156 valence electrons. The van der Waals surface area contributed by atoms with Gasteiger partial charge in [0.05, 0.1) is 5.92 Å². The van der Waals surface area contributed by atoms with Crippen LogP contribution in [-0.4, -0.2) is 17.7 Å². The SMILES string of the molecule is O=C1CC(Cc2ccc(NC(=O)CC(c3ccccc3)c3ccccc3)cc2)C(=O)N1. The van der Waals surface area contributed by atoms with Crippen LogP contribution in [0.5, 0.6) is 0 Å². The van der Waals surface area contributed by atoms with Crippen molar-refractivity contribution in [3.05, 3.63) is 102 Å². The molecule has 2 N–H and O–H groups in total. The fourth-order valence-electron chi connectivity index (χ4n) is 3.98. The summed E-state index contributed by atoms with van der Waals surface area (Å²) in [4.78, 5) is 35.9. The number of rotatable bonds is 7. The van der Waals surface area contributed by atoms with Gasteiger partial charge in [-0.1, -0.05) is 72.8 Å². The van der Waals surface area contributed by atoms with E-state index in [4.69, 9.17) is 0 Å². The van der Waals surface area contributed by atoms with Gasteiger partial charge < -0.3 is 5.32 Å². The fourth-order valence-corrected chi connectivity index (χ4v) is 3.98. The Bertz CT molecular complexity index is 1020. The molecule has 0 aliphatic carbocycles. The minimum Gasteiger partial charge on any atom is -0.326 e. The van der Waals surface area contributed by atoms with Crippen LogP contribution in [-0.2, 0) is 20.8 Å². The third kappa shape index (κ3) is 5.25. The zero-order chi connectivity index (χ0) is 21.6. The smallest absolute Gasteiger partial charge is 0.230 e. The average Bonchev–Trinajstić information content (AvgIpc) is 3.11. The second kappa shape index (κ2) is 9.39. The van der Waals surface area contributed by atoms with Crippen LogP contribution in [0.25, 0.3) is 0 Å². The van der Waals surface area contributed by atoms with Gasteiger partial charge in [-0.05, 0) is 35.2 Å². The Labute approximate surface area is 181 Å². The Morgan fingerprint density at radius 1 is 0.871 bits per heavy atom. The number of anilines is 1. The summed E-state index contributed by atoms with van der Waals surface area (Å²) >= 11 is 0. The minimum atomic E-state index is -0.314. The highest BCUT2D eigenvalue weighted by atomic mass is 16.2. The molecule has 3 aromatic rings. The van der Waals surface area contributed by atoms with Crippen LogP contribution in [0.2, 0.25) is 0 Å². The molecule has 31 heavy (non-hydrogen) atoms. The molecule has 1 saturated heterocycles. The lowest BCUT2D eigenvalue weighted by atomic mass is 9.88. The first-order chi connectivity index (χ1) is 15.1. The first kappa shape index (κ1) is 20.5. The molecular weight excluding hydrogens is 388 g/mol. The number of carbonyl (C=O) groups excluding carboxylic acids is 3. The van der Waals surface area contributed by atoms with Crippen molar-refractivity contribution < 1.29 is 14.4 Å². The normalized spacial score (nSPS) is 15.7. The van der Waals surface area contributed by atoms with Gasteiger partial charge in [-0.25, -0.2) is 0 Å². The molecule has 0 radical (unpaired) electrons. The molecular formula is C26H24N2O3. The van der Waals surface area contributed by atoms with Crippen LogP contribution in [0, 0.1) is 5.92 Å². The maximum atomic E-state index is 12.8. The van der Waals surface area contributed by atoms with E-state index < -0.39 is 0 Å². The Balaban J connectivity index is 1.41. The Kier molecular flexibility index (Phi) is 6.22. The number of hydrogen-bond acceptors (Lipinski definition) is 3.